The van der Waals surface area contributed by atoms with Crippen molar-refractivity contribution in [1.29, 1.82) is 5.26 Å². The molecule has 1 amide bonds. The van der Waals surface area contributed by atoms with Crippen molar-refractivity contribution >= 4 is 28.9 Å². The molecule has 0 saturated carbocycles. The second kappa shape index (κ2) is 10.4. The Bertz CT molecular complexity index is 1270. The predicted molar refractivity (Wildman–Crippen MR) is 132 cm³/mol. The van der Waals surface area contributed by atoms with E-state index in [1.807, 2.05) is 42.2 Å². The lowest BCUT2D eigenvalue weighted by atomic mass is 9.89. The monoisotopic (exact) mass is 471 g/mol. The zero-order chi connectivity index (χ0) is 24.1. The number of aldehydes is 1. The smallest absolute Gasteiger partial charge is 0.253 e. The maximum Gasteiger partial charge on any atom is 0.253 e. The molecule has 1 aliphatic heterocycles. The van der Waals surface area contributed by atoms with E-state index in [4.69, 9.17) is 5.26 Å². The van der Waals surface area contributed by atoms with Crippen molar-refractivity contribution < 1.29 is 13.8 Å². The SMILES string of the molecule is Cc1ccc(C(=O)N2CCC(c3ccc(C#N)cc3)CC2)cc1NS(=O)c1ccccc1C=O. The predicted octanol–water partition coefficient (Wildman–Crippen LogP) is 4.83. The number of hydrogen-bond acceptors (Lipinski definition) is 4. The molecule has 3 aromatic rings. The first-order valence-corrected chi connectivity index (χ1v) is 12.3. The summed E-state index contributed by atoms with van der Waals surface area (Å²) in [5.41, 5.74) is 4.20. The fraction of sp³-hybridized carbons (Fsp3) is 0.222. The van der Waals surface area contributed by atoms with Crippen molar-refractivity contribution in [2.24, 2.45) is 0 Å². The standard InChI is InChI=1S/C27H25N3O3S/c1-19-6-9-23(16-25(19)29-34(33)26-5-3-2-4-24(26)18-31)27(32)30-14-12-22(13-15-30)21-10-7-20(17-28)8-11-21/h2-11,16,18,22,29H,12-15H2,1H3. The van der Waals surface area contributed by atoms with E-state index < -0.39 is 11.0 Å². The number of aryl methyl sites for hydroxylation is 1. The number of hydrogen-bond donors (Lipinski definition) is 1. The van der Waals surface area contributed by atoms with Crippen LogP contribution in [0.15, 0.2) is 71.6 Å². The van der Waals surface area contributed by atoms with Crippen LogP contribution in [0.3, 0.4) is 0 Å². The summed E-state index contributed by atoms with van der Waals surface area (Å²) >= 11 is 0. The van der Waals surface area contributed by atoms with Crippen LogP contribution in [0, 0.1) is 18.3 Å². The van der Waals surface area contributed by atoms with Crippen molar-refractivity contribution in [1.82, 2.24) is 4.90 Å². The van der Waals surface area contributed by atoms with Gasteiger partial charge < -0.3 is 9.62 Å². The van der Waals surface area contributed by atoms with Gasteiger partial charge in [0.25, 0.3) is 5.91 Å². The molecule has 6 nitrogen and oxygen atoms in total. The summed E-state index contributed by atoms with van der Waals surface area (Å²) in [4.78, 5) is 26.7. The number of rotatable bonds is 6. The average molecular weight is 472 g/mol. The third kappa shape index (κ3) is 5.08. The number of likely N-dealkylation sites (tertiary alicyclic amines) is 1. The van der Waals surface area contributed by atoms with Gasteiger partial charge in [0.15, 0.2) is 17.3 Å². The molecule has 0 radical (unpaired) electrons. The van der Waals surface area contributed by atoms with Crippen LogP contribution in [0.4, 0.5) is 5.69 Å². The third-order valence-corrected chi connectivity index (χ3v) is 7.40. The minimum absolute atomic E-state index is 0.0552. The Kier molecular flexibility index (Phi) is 7.19. The highest BCUT2D eigenvalue weighted by molar-refractivity contribution is 7.86. The zero-order valence-corrected chi connectivity index (χ0v) is 19.7. The van der Waals surface area contributed by atoms with Gasteiger partial charge in [0, 0.05) is 24.2 Å². The minimum atomic E-state index is -1.64. The van der Waals surface area contributed by atoms with E-state index in [9.17, 15) is 13.8 Å². The maximum atomic E-state index is 13.2. The summed E-state index contributed by atoms with van der Waals surface area (Å²) in [5.74, 6) is 0.313. The van der Waals surface area contributed by atoms with E-state index in [1.165, 1.54) is 5.56 Å². The van der Waals surface area contributed by atoms with E-state index in [0.29, 0.717) is 52.6 Å². The number of amides is 1. The van der Waals surface area contributed by atoms with Crippen LogP contribution in [-0.2, 0) is 11.0 Å². The van der Waals surface area contributed by atoms with Crippen LogP contribution in [0.25, 0.3) is 0 Å². The molecule has 4 rings (SSSR count). The molecule has 0 aromatic heterocycles. The van der Waals surface area contributed by atoms with Crippen molar-refractivity contribution in [3.63, 3.8) is 0 Å². The van der Waals surface area contributed by atoms with Gasteiger partial charge in [0.1, 0.15) is 0 Å². The fourth-order valence-corrected chi connectivity index (χ4v) is 5.26. The molecular formula is C27H25N3O3S. The molecule has 1 N–H and O–H groups in total. The highest BCUT2D eigenvalue weighted by atomic mass is 32.2. The number of carbonyl (C=O) groups is 2. The molecule has 0 spiro atoms. The lowest BCUT2D eigenvalue weighted by molar-refractivity contribution is 0.0713. The molecule has 34 heavy (non-hydrogen) atoms. The first kappa shape index (κ1) is 23.4. The van der Waals surface area contributed by atoms with E-state index in [-0.39, 0.29) is 5.91 Å². The molecule has 1 fully saturated rings. The Labute approximate surface area is 201 Å². The van der Waals surface area contributed by atoms with Gasteiger partial charge in [-0.1, -0.05) is 36.4 Å². The van der Waals surface area contributed by atoms with Gasteiger partial charge in [-0.2, -0.15) is 5.26 Å². The topological polar surface area (TPSA) is 90.3 Å². The molecule has 1 heterocycles. The quantitative estimate of drug-likeness (QED) is 0.521. The first-order chi connectivity index (χ1) is 16.5. The second-order valence-electron chi connectivity index (χ2n) is 8.36. The van der Waals surface area contributed by atoms with Crippen molar-refractivity contribution in [3.05, 3.63) is 94.5 Å². The van der Waals surface area contributed by atoms with Crippen LogP contribution in [0.5, 0.6) is 0 Å². The normalized spacial score (nSPS) is 14.8. The largest absolute Gasteiger partial charge is 0.339 e. The van der Waals surface area contributed by atoms with E-state index >= 15 is 0 Å². The second-order valence-corrected chi connectivity index (χ2v) is 9.54. The molecule has 0 bridgehead atoms. The summed E-state index contributed by atoms with van der Waals surface area (Å²) in [5, 5.41) is 8.98. The summed E-state index contributed by atoms with van der Waals surface area (Å²) in [7, 11) is -1.64. The Morgan fingerprint density at radius 1 is 1.09 bits per heavy atom. The van der Waals surface area contributed by atoms with E-state index in [2.05, 4.69) is 10.8 Å². The summed E-state index contributed by atoms with van der Waals surface area (Å²) in [6, 6.07) is 21.9. The van der Waals surface area contributed by atoms with Gasteiger partial charge in [-0.3, -0.25) is 9.59 Å². The molecule has 1 atom stereocenters. The van der Waals surface area contributed by atoms with Crippen LogP contribution >= 0.6 is 0 Å². The number of anilines is 1. The maximum absolute atomic E-state index is 13.2. The molecule has 1 unspecified atom stereocenters. The van der Waals surface area contributed by atoms with E-state index in [0.717, 1.165) is 18.4 Å². The Balaban J connectivity index is 1.44. The first-order valence-electron chi connectivity index (χ1n) is 11.1. The Morgan fingerprint density at radius 2 is 1.79 bits per heavy atom. The van der Waals surface area contributed by atoms with Crippen molar-refractivity contribution in [2.45, 2.75) is 30.6 Å². The zero-order valence-electron chi connectivity index (χ0n) is 18.9. The van der Waals surface area contributed by atoms with Gasteiger partial charge in [0.05, 0.1) is 22.2 Å². The average Bonchev–Trinajstić information content (AvgIpc) is 2.89. The third-order valence-electron chi connectivity index (χ3n) is 6.23. The molecule has 172 valence electrons. The van der Waals surface area contributed by atoms with Crippen molar-refractivity contribution in [3.8, 4) is 6.07 Å². The number of nitriles is 1. The number of benzene rings is 3. The summed E-state index contributed by atoms with van der Waals surface area (Å²) in [6.07, 6.45) is 2.41. The van der Waals surface area contributed by atoms with Gasteiger partial charge >= 0.3 is 0 Å². The van der Waals surface area contributed by atoms with Crippen LogP contribution in [0.1, 0.15) is 56.2 Å². The number of piperidine rings is 1. The molecule has 1 aliphatic rings. The van der Waals surface area contributed by atoms with Crippen LogP contribution in [0.2, 0.25) is 0 Å². The summed E-state index contributed by atoms with van der Waals surface area (Å²) in [6.45, 7) is 3.18. The molecule has 0 aliphatic carbocycles. The molecular weight excluding hydrogens is 446 g/mol. The number of nitrogens with one attached hydrogen (secondary N) is 1. The highest BCUT2D eigenvalue weighted by Gasteiger charge is 2.25. The van der Waals surface area contributed by atoms with Gasteiger partial charge in [0.2, 0.25) is 0 Å². The van der Waals surface area contributed by atoms with Gasteiger partial charge in [-0.25, -0.2) is 4.21 Å². The Hall–Kier alpha value is -3.76. The van der Waals surface area contributed by atoms with Crippen LogP contribution < -0.4 is 4.72 Å². The molecule has 7 heteroatoms. The Morgan fingerprint density at radius 3 is 2.47 bits per heavy atom. The lowest BCUT2D eigenvalue weighted by Gasteiger charge is -2.32. The van der Waals surface area contributed by atoms with Gasteiger partial charge in [-0.05, 0) is 67.1 Å². The summed E-state index contributed by atoms with van der Waals surface area (Å²) < 4.78 is 15.8. The highest BCUT2D eigenvalue weighted by Crippen LogP contribution is 2.29. The van der Waals surface area contributed by atoms with E-state index in [1.54, 1.807) is 36.4 Å². The van der Waals surface area contributed by atoms with Crippen molar-refractivity contribution in [2.75, 3.05) is 17.8 Å². The van der Waals surface area contributed by atoms with Gasteiger partial charge in [-0.15, -0.1) is 0 Å². The molecule has 1 saturated heterocycles. The fourth-order valence-electron chi connectivity index (χ4n) is 4.19. The van der Waals surface area contributed by atoms with Crippen LogP contribution in [-0.4, -0.2) is 34.4 Å². The number of carbonyl (C=O) groups excluding carboxylic acids is 2. The minimum Gasteiger partial charge on any atom is -0.339 e. The molecule has 3 aromatic carbocycles. The number of nitrogens with zero attached hydrogens (tertiary/aromatic N) is 2. The lowest BCUT2D eigenvalue weighted by Crippen LogP contribution is -2.38.